The quantitative estimate of drug-likeness (QED) is 0.561. The van der Waals surface area contributed by atoms with Crippen LogP contribution in [-0.2, 0) is 4.79 Å². The first-order chi connectivity index (χ1) is 6.22. The minimum atomic E-state index is 0.670. The van der Waals surface area contributed by atoms with E-state index in [2.05, 4.69) is 19.9 Å². The van der Waals surface area contributed by atoms with Crippen molar-refractivity contribution in [3.8, 4) is 0 Å². The van der Waals surface area contributed by atoms with Crippen LogP contribution < -0.4 is 0 Å². The first-order valence-corrected chi connectivity index (χ1v) is 5.07. The van der Waals surface area contributed by atoms with Crippen LogP contribution in [-0.4, -0.2) is 6.29 Å². The van der Waals surface area contributed by atoms with Crippen molar-refractivity contribution >= 4 is 6.29 Å². The van der Waals surface area contributed by atoms with Gasteiger partial charge >= 0.3 is 0 Å². The number of fused-ring (bicyclic) bond motifs is 1. The molecule has 0 aromatic rings. The molecule has 0 saturated carbocycles. The summed E-state index contributed by atoms with van der Waals surface area (Å²) >= 11 is 0. The second kappa shape index (κ2) is 3.13. The average molecular weight is 176 g/mol. The third-order valence-corrected chi connectivity index (χ3v) is 3.39. The maximum absolute atomic E-state index is 10.8. The smallest absolute Gasteiger partial charge is 0.146 e. The predicted molar refractivity (Wildman–Crippen MR) is 53.4 cm³/mol. The van der Waals surface area contributed by atoms with Gasteiger partial charge in [0.25, 0.3) is 0 Å². The standard InChI is InChI=1S/C12H16O/c1-8-3-4-11-9(2)6-10(7-13)12(11)5-8/h5,7,9,11H,3-4,6H2,1-2H3. The molecule has 70 valence electrons. The first-order valence-electron chi connectivity index (χ1n) is 5.07. The van der Waals surface area contributed by atoms with Crippen LogP contribution in [0.3, 0.4) is 0 Å². The fourth-order valence-electron chi connectivity index (χ4n) is 2.63. The largest absolute Gasteiger partial charge is 0.298 e. The third kappa shape index (κ3) is 1.37. The summed E-state index contributed by atoms with van der Waals surface area (Å²) in [6.07, 6.45) is 6.75. The Kier molecular flexibility index (Phi) is 2.10. The highest BCUT2D eigenvalue weighted by Crippen LogP contribution is 2.43. The van der Waals surface area contributed by atoms with E-state index in [9.17, 15) is 4.79 Å². The highest BCUT2D eigenvalue weighted by atomic mass is 16.1. The molecule has 1 heteroatoms. The van der Waals surface area contributed by atoms with Crippen molar-refractivity contribution in [2.75, 3.05) is 0 Å². The third-order valence-electron chi connectivity index (χ3n) is 3.39. The van der Waals surface area contributed by atoms with E-state index in [1.54, 1.807) is 0 Å². The Morgan fingerprint density at radius 2 is 2.31 bits per heavy atom. The van der Waals surface area contributed by atoms with E-state index in [1.165, 1.54) is 24.0 Å². The molecule has 2 aliphatic carbocycles. The Bertz CT molecular complexity index is 296. The Hall–Kier alpha value is -0.850. The molecule has 0 aliphatic heterocycles. The maximum atomic E-state index is 10.8. The molecule has 2 atom stereocenters. The molecular formula is C12H16O. The number of carbonyl (C=O) groups excluding carboxylic acids is 1. The summed E-state index contributed by atoms with van der Waals surface area (Å²) in [5.41, 5.74) is 3.82. The van der Waals surface area contributed by atoms with Gasteiger partial charge in [-0.3, -0.25) is 4.79 Å². The van der Waals surface area contributed by atoms with Gasteiger partial charge in [0.2, 0.25) is 0 Å². The summed E-state index contributed by atoms with van der Waals surface area (Å²) in [7, 11) is 0. The zero-order valence-electron chi connectivity index (χ0n) is 8.34. The Labute approximate surface area is 79.5 Å². The number of allylic oxidation sites excluding steroid dienone is 4. The van der Waals surface area contributed by atoms with E-state index < -0.39 is 0 Å². The summed E-state index contributed by atoms with van der Waals surface area (Å²) in [5.74, 6) is 1.35. The second-order valence-corrected chi connectivity index (χ2v) is 4.42. The molecule has 1 nitrogen and oxygen atoms in total. The number of aldehydes is 1. The van der Waals surface area contributed by atoms with E-state index in [0.29, 0.717) is 11.8 Å². The average Bonchev–Trinajstić information content (AvgIpc) is 2.42. The topological polar surface area (TPSA) is 17.1 Å². The molecular weight excluding hydrogens is 160 g/mol. The fourth-order valence-corrected chi connectivity index (χ4v) is 2.63. The minimum Gasteiger partial charge on any atom is -0.298 e. The molecule has 2 unspecified atom stereocenters. The fraction of sp³-hybridized carbons (Fsp3) is 0.583. The first kappa shape index (κ1) is 8.74. The maximum Gasteiger partial charge on any atom is 0.146 e. The SMILES string of the molecule is CC1=CC2=C(C=O)CC(C)C2CC1. The van der Waals surface area contributed by atoms with Gasteiger partial charge in [-0.2, -0.15) is 0 Å². The van der Waals surface area contributed by atoms with Crippen molar-refractivity contribution in [1.82, 2.24) is 0 Å². The van der Waals surface area contributed by atoms with Crippen molar-refractivity contribution < 1.29 is 4.79 Å². The normalized spacial score (nSPS) is 32.9. The van der Waals surface area contributed by atoms with Crippen LogP contribution >= 0.6 is 0 Å². The van der Waals surface area contributed by atoms with Gasteiger partial charge < -0.3 is 0 Å². The summed E-state index contributed by atoms with van der Waals surface area (Å²) in [5, 5.41) is 0. The number of rotatable bonds is 1. The van der Waals surface area contributed by atoms with Gasteiger partial charge in [0.15, 0.2) is 0 Å². The molecule has 2 rings (SSSR count). The van der Waals surface area contributed by atoms with E-state index >= 15 is 0 Å². The predicted octanol–water partition coefficient (Wildman–Crippen LogP) is 2.88. The molecule has 0 saturated heterocycles. The lowest BCUT2D eigenvalue weighted by Gasteiger charge is -2.22. The Balaban J connectivity index is 2.39. The van der Waals surface area contributed by atoms with E-state index in [-0.39, 0.29) is 0 Å². The van der Waals surface area contributed by atoms with Gasteiger partial charge in [0.1, 0.15) is 6.29 Å². The van der Waals surface area contributed by atoms with Crippen LogP contribution in [0.25, 0.3) is 0 Å². The van der Waals surface area contributed by atoms with Gasteiger partial charge in [-0.25, -0.2) is 0 Å². The number of hydrogen-bond acceptors (Lipinski definition) is 1. The molecule has 0 spiro atoms. The van der Waals surface area contributed by atoms with Crippen molar-refractivity contribution in [3.63, 3.8) is 0 Å². The van der Waals surface area contributed by atoms with E-state index in [0.717, 1.165) is 18.3 Å². The highest BCUT2D eigenvalue weighted by molar-refractivity contribution is 5.77. The molecule has 0 aromatic heterocycles. The molecule has 0 bridgehead atoms. The van der Waals surface area contributed by atoms with E-state index in [4.69, 9.17) is 0 Å². The summed E-state index contributed by atoms with van der Waals surface area (Å²) in [6.45, 7) is 4.42. The van der Waals surface area contributed by atoms with Crippen LogP contribution in [0.5, 0.6) is 0 Å². The van der Waals surface area contributed by atoms with E-state index in [1.807, 2.05) is 0 Å². The van der Waals surface area contributed by atoms with Gasteiger partial charge in [-0.1, -0.05) is 18.6 Å². The summed E-state index contributed by atoms with van der Waals surface area (Å²) in [6, 6.07) is 0. The zero-order valence-corrected chi connectivity index (χ0v) is 8.34. The van der Waals surface area contributed by atoms with Gasteiger partial charge in [-0.05, 0) is 49.2 Å². The summed E-state index contributed by atoms with van der Waals surface area (Å²) < 4.78 is 0. The van der Waals surface area contributed by atoms with Gasteiger partial charge in [-0.15, -0.1) is 0 Å². The van der Waals surface area contributed by atoms with Crippen LogP contribution in [0.2, 0.25) is 0 Å². The van der Waals surface area contributed by atoms with Crippen LogP contribution in [0.4, 0.5) is 0 Å². The van der Waals surface area contributed by atoms with Crippen LogP contribution in [0.15, 0.2) is 22.8 Å². The lowest BCUT2D eigenvalue weighted by molar-refractivity contribution is -0.105. The second-order valence-electron chi connectivity index (χ2n) is 4.42. The zero-order chi connectivity index (χ0) is 9.42. The van der Waals surface area contributed by atoms with Gasteiger partial charge in [0.05, 0.1) is 0 Å². The van der Waals surface area contributed by atoms with Crippen molar-refractivity contribution in [2.45, 2.75) is 33.1 Å². The Morgan fingerprint density at radius 3 is 3.00 bits per heavy atom. The summed E-state index contributed by atoms with van der Waals surface area (Å²) in [4.78, 5) is 10.8. The molecule has 2 aliphatic rings. The van der Waals surface area contributed by atoms with Crippen molar-refractivity contribution in [2.24, 2.45) is 11.8 Å². The lowest BCUT2D eigenvalue weighted by atomic mass is 9.82. The molecule has 0 aromatic carbocycles. The number of carbonyl (C=O) groups is 1. The molecule has 13 heavy (non-hydrogen) atoms. The molecule has 0 radical (unpaired) electrons. The highest BCUT2D eigenvalue weighted by Gasteiger charge is 2.31. The minimum absolute atomic E-state index is 0.670. The Morgan fingerprint density at radius 1 is 1.54 bits per heavy atom. The molecule has 0 fully saturated rings. The molecule has 0 amide bonds. The van der Waals surface area contributed by atoms with Crippen LogP contribution in [0, 0.1) is 11.8 Å². The molecule has 0 heterocycles. The van der Waals surface area contributed by atoms with Crippen LogP contribution in [0.1, 0.15) is 33.1 Å². The van der Waals surface area contributed by atoms with Gasteiger partial charge in [0, 0.05) is 0 Å². The lowest BCUT2D eigenvalue weighted by Crippen LogP contribution is -2.11. The molecule has 0 N–H and O–H groups in total. The van der Waals surface area contributed by atoms with Crippen molar-refractivity contribution in [3.05, 3.63) is 22.8 Å². The van der Waals surface area contributed by atoms with Crippen molar-refractivity contribution in [1.29, 1.82) is 0 Å². The monoisotopic (exact) mass is 176 g/mol. The number of hydrogen-bond donors (Lipinski definition) is 0.